The molecule has 0 aromatic heterocycles. The van der Waals surface area contributed by atoms with Crippen LogP contribution in [0.1, 0.15) is 158 Å². The highest BCUT2D eigenvalue weighted by Crippen LogP contribution is 2.37. The third kappa shape index (κ3) is 27.1. The lowest BCUT2D eigenvalue weighted by Crippen LogP contribution is -2.26. The maximum atomic E-state index is 12.4. The van der Waals surface area contributed by atoms with E-state index in [-0.39, 0.29) is 18.8 Å². The SMILES string of the molecule is CCCCCCC(CC(C)=O)C(=O)ONP(=O)(O)OCCC/C(C)=C/CC/C(C)=C/CC/C=C(\C)CC/C=C(\C)CCC=C(C)C. The summed E-state index contributed by atoms with van der Waals surface area (Å²) in [7, 11) is -4.30. The highest BCUT2D eigenvalue weighted by Gasteiger charge is 2.26. The van der Waals surface area contributed by atoms with Crippen LogP contribution in [-0.2, 0) is 23.5 Å². The maximum Gasteiger partial charge on any atom is 0.435 e. The summed E-state index contributed by atoms with van der Waals surface area (Å²) >= 11 is 0. The van der Waals surface area contributed by atoms with E-state index in [2.05, 4.69) is 78.8 Å². The molecule has 2 N–H and O–H groups in total. The van der Waals surface area contributed by atoms with Gasteiger partial charge in [-0.15, -0.1) is 0 Å². The van der Waals surface area contributed by atoms with E-state index in [0.717, 1.165) is 83.5 Å². The number of carbonyl (C=O) groups is 2. The Kier molecular flexibility index (Phi) is 25.8. The zero-order valence-corrected chi connectivity index (χ0v) is 31.3. The minimum atomic E-state index is -4.30. The molecule has 7 nitrogen and oxygen atoms in total. The fraction of sp³-hybridized carbons (Fsp3) is 0.684. The lowest BCUT2D eigenvalue weighted by atomic mass is 9.96. The first kappa shape index (κ1) is 43.9. The van der Waals surface area contributed by atoms with E-state index < -0.39 is 19.6 Å². The molecule has 0 aliphatic carbocycles. The Labute approximate surface area is 281 Å². The number of ketones is 1. The normalized spacial score (nSPS) is 15.0. The number of hydrogen-bond donors (Lipinski definition) is 2. The van der Waals surface area contributed by atoms with Crippen molar-refractivity contribution < 1.29 is 28.4 Å². The van der Waals surface area contributed by atoms with Crippen molar-refractivity contribution in [2.24, 2.45) is 5.92 Å². The summed E-state index contributed by atoms with van der Waals surface area (Å²) in [5.74, 6) is -1.47. The molecular weight excluding hydrogens is 597 g/mol. The summed E-state index contributed by atoms with van der Waals surface area (Å²) < 4.78 is 17.4. The molecule has 0 amide bonds. The van der Waals surface area contributed by atoms with E-state index in [1.807, 2.05) is 5.25 Å². The molecule has 0 radical (unpaired) electrons. The van der Waals surface area contributed by atoms with Crippen molar-refractivity contribution in [3.8, 4) is 0 Å². The quantitative estimate of drug-likeness (QED) is 0.0390. The van der Waals surface area contributed by atoms with Crippen LogP contribution in [0.3, 0.4) is 0 Å². The molecule has 2 atom stereocenters. The first-order valence-corrected chi connectivity index (χ1v) is 19.0. The Morgan fingerprint density at radius 1 is 0.696 bits per heavy atom. The van der Waals surface area contributed by atoms with E-state index in [4.69, 9.17) is 9.36 Å². The molecule has 0 fully saturated rings. The van der Waals surface area contributed by atoms with Crippen LogP contribution < -0.4 is 5.25 Å². The number of nitrogens with one attached hydrogen (secondary N) is 1. The minimum Gasteiger partial charge on any atom is -0.360 e. The van der Waals surface area contributed by atoms with Crippen LogP contribution in [0, 0.1) is 5.92 Å². The third-order valence-electron chi connectivity index (χ3n) is 7.82. The van der Waals surface area contributed by atoms with Gasteiger partial charge < -0.3 is 14.5 Å². The Morgan fingerprint density at radius 2 is 1.20 bits per heavy atom. The van der Waals surface area contributed by atoms with Crippen molar-refractivity contribution in [1.29, 1.82) is 0 Å². The summed E-state index contributed by atoms with van der Waals surface area (Å²) in [6.07, 6.45) is 26.0. The van der Waals surface area contributed by atoms with Crippen LogP contribution in [0.5, 0.6) is 0 Å². The lowest BCUT2D eigenvalue weighted by molar-refractivity contribution is -0.154. The standard InChI is InChI=1S/C38H66NO6P/c1-9-10-11-12-28-37(30-36(8)40)38(41)45-39-46(42,43)44-29-18-27-35(7)26-17-24-33(5)21-14-13-20-32(4)23-16-25-34(6)22-15-19-31(2)3/h19-21,25-26,37H,9-18,22-24,27-30H2,1-8H3,(H2,39,42,43)/b32-20+,33-21+,34-25+,35-26+. The summed E-state index contributed by atoms with van der Waals surface area (Å²) in [6, 6.07) is 0. The molecule has 8 heteroatoms. The Bertz CT molecular complexity index is 1080. The average Bonchev–Trinajstić information content (AvgIpc) is 2.97. The highest BCUT2D eigenvalue weighted by molar-refractivity contribution is 7.50. The van der Waals surface area contributed by atoms with Crippen molar-refractivity contribution >= 4 is 19.5 Å². The van der Waals surface area contributed by atoms with Gasteiger partial charge in [-0.05, 0) is 119 Å². The van der Waals surface area contributed by atoms with Crippen molar-refractivity contribution in [3.05, 3.63) is 58.2 Å². The van der Waals surface area contributed by atoms with Gasteiger partial charge in [-0.2, -0.15) is 0 Å². The van der Waals surface area contributed by atoms with Gasteiger partial charge in [0.2, 0.25) is 0 Å². The highest BCUT2D eigenvalue weighted by atomic mass is 31.2. The maximum absolute atomic E-state index is 12.4. The first-order chi connectivity index (χ1) is 21.8. The molecule has 2 unspecified atom stereocenters. The smallest absolute Gasteiger partial charge is 0.360 e. The fourth-order valence-corrected chi connectivity index (χ4v) is 5.60. The monoisotopic (exact) mass is 663 g/mol. The van der Waals surface area contributed by atoms with E-state index in [9.17, 15) is 19.0 Å². The third-order valence-corrected chi connectivity index (χ3v) is 8.68. The number of carbonyl (C=O) groups excluding carboxylic acids is 2. The number of rotatable bonds is 27. The van der Waals surface area contributed by atoms with Crippen LogP contribution >= 0.6 is 7.75 Å². The van der Waals surface area contributed by atoms with Crippen molar-refractivity contribution in [2.75, 3.05) is 6.61 Å². The predicted octanol–water partition coefficient (Wildman–Crippen LogP) is 11.4. The fourth-order valence-electron chi connectivity index (χ4n) is 4.97. The van der Waals surface area contributed by atoms with Crippen molar-refractivity contribution in [1.82, 2.24) is 5.25 Å². The molecule has 0 saturated carbocycles. The van der Waals surface area contributed by atoms with E-state index in [0.29, 0.717) is 12.8 Å². The van der Waals surface area contributed by atoms with Gasteiger partial charge in [0.25, 0.3) is 0 Å². The largest absolute Gasteiger partial charge is 0.435 e. The number of allylic oxidation sites excluding steroid dienone is 10. The van der Waals surface area contributed by atoms with Gasteiger partial charge in [-0.3, -0.25) is 9.32 Å². The van der Waals surface area contributed by atoms with Crippen LogP contribution in [0.15, 0.2) is 58.2 Å². The molecule has 0 aliphatic rings. The number of unbranched alkanes of at least 4 members (excludes halogenated alkanes) is 4. The van der Waals surface area contributed by atoms with Crippen molar-refractivity contribution in [3.63, 3.8) is 0 Å². The molecule has 0 aromatic carbocycles. The van der Waals surface area contributed by atoms with E-state index >= 15 is 0 Å². The summed E-state index contributed by atoms with van der Waals surface area (Å²) in [5.41, 5.74) is 6.93. The molecule has 46 heavy (non-hydrogen) atoms. The number of hydrogen-bond acceptors (Lipinski definition) is 5. The molecule has 0 aliphatic heterocycles. The molecule has 0 spiro atoms. The Hall–Kier alpha value is -2.05. The predicted molar refractivity (Wildman–Crippen MR) is 193 cm³/mol. The summed E-state index contributed by atoms with van der Waals surface area (Å²) in [5, 5.41) is 1.90. The van der Waals surface area contributed by atoms with Crippen LogP contribution in [-0.4, -0.2) is 23.3 Å². The molecule has 0 bridgehead atoms. The number of Topliss-reactive ketones (excluding diaryl/α,β-unsaturated/α-hetero) is 1. The topological polar surface area (TPSA) is 102 Å². The summed E-state index contributed by atoms with van der Waals surface area (Å²) in [4.78, 5) is 38.8. The summed E-state index contributed by atoms with van der Waals surface area (Å²) in [6.45, 7) is 16.6. The van der Waals surface area contributed by atoms with Gasteiger partial charge in [0.1, 0.15) is 5.78 Å². The van der Waals surface area contributed by atoms with E-state index in [1.165, 1.54) is 34.8 Å². The van der Waals surface area contributed by atoms with E-state index in [1.54, 1.807) is 0 Å². The second kappa shape index (κ2) is 27.0. The average molecular weight is 664 g/mol. The second-order valence-electron chi connectivity index (χ2n) is 13.1. The Morgan fingerprint density at radius 3 is 1.70 bits per heavy atom. The molecule has 0 heterocycles. The van der Waals surface area contributed by atoms with Crippen molar-refractivity contribution in [2.45, 2.75) is 158 Å². The van der Waals surface area contributed by atoms with Crippen LogP contribution in [0.2, 0.25) is 0 Å². The molecular formula is C38H66NO6P. The van der Waals surface area contributed by atoms with Gasteiger partial charge in [-0.25, -0.2) is 4.57 Å². The lowest BCUT2D eigenvalue weighted by Gasteiger charge is -2.17. The minimum absolute atomic E-state index is 0.0510. The van der Waals surface area contributed by atoms with Gasteiger partial charge in [0.15, 0.2) is 0 Å². The molecule has 0 rings (SSSR count). The van der Waals surface area contributed by atoms with Gasteiger partial charge >= 0.3 is 13.7 Å². The second-order valence-corrected chi connectivity index (χ2v) is 14.6. The van der Waals surface area contributed by atoms with Gasteiger partial charge in [-0.1, -0.05) is 96.1 Å². The molecule has 0 saturated heterocycles. The van der Waals surface area contributed by atoms with Gasteiger partial charge in [0, 0.05) is 6.42 Å². The zero-order chi connectivity index (χ0) is 34.8. The van der Waals surface area contributed by atoms with Crippen LogP contribution in [0.25, 0.3) is 0 Å². The molecule has 264 valence electrons. The first-order valence-electron chi connectivity index (χ1n) is 17.5. The van der Waals surface area contributed by atoms with Gasteiger partial charge in [0.05, 0.1) is 12.5 Å². The Balaban J connectivity index is 4.29. The molecule has 0 aromatic rings. The zero-order valence-electron chi connectivity index (χ0n) is 30.4. The van der Waals surface area contributed by atoms with Crippen LogP contribution in [0.4, 0.5) is 0 Å².